The van der Waals surface area contributed by atoms with Crippen molar-refractivity contribution in [1.29, 1.82) is 0 Å². The molecule has 0 atom stereocenters. The molecule has 0 saturated heterocycles. The molecule has 1 aromatic rings. The normalized spacial score (nSPS) is 9.30. The SMILES string of the molecule is Cc1sccc1OC(N)=O. The quantitative estimate of drug-likeness (QED) is 0.671. The van der Waals surface area contributed by atoms with E-state index < -0.39 is 6.09 Å². The predicted octanol–water partition coefficient (Wildman–Crippen LogP) is 1.51. The van der Waals surface area contributed by atoms with E-state index in [-0.39, 0.29) is 0 Å². The van der Waals surface area contributed by atoms with Crippen LogP contribution < -0.4 is 10.5 Å². The molecule has 10 heavy (non-hydrogen) atoms. The van der Waals surface area contributed by atoms with Crippen molar-refractivity contribution in [1.82, 2.24) is 0 Å². The van der Waals surface area contributed by atoms with Gasteiger partial charge in [-0.2, -0.15) is 0 Å². The summed E-state index contributed by atoms with van der Waals surface area (Å²) < 4.78 is 4.63. The summed E-state index contributed by atoms with van der Waals surface area (Å²) in [6.45, 7) is 1.86. The third-order valence-electron chi connectivity index (χ3n) is 1.02. The lowest BCUT2D eigenvalue weighted by atomic mass is 10.5. The molecule has 0 fully saturated rings. The highest BCUT2D eigenvalue weighted by Gasteiger charge is 2.02. The molecule has 4 heteroatoms. The predicted molar refractivity (Wildman–Crippen MR) is 39.3 cm³/mol. The molecule has 1 rings (SSSR count). The molecule has 54 valence electrons. The van der Waals surface area contributed by atoms with Crippen LogP contribution in [0.1, 0.15) is 4.88 Å². The van der Waals surface area contributed by atoms with Crippen molar-refractivity contribution >= 4 is 17.4 Å². The molecule has 0 aliphatic heterocycles. The Bertz CT molecular complexity index is 244. The lowest BCUT2D eigenvalue weighted by Gasteiger charge is -1.96. The van der Waals surface area contributed by atoms with Crippen molar-refractivity contribution in [2.24, 2.45) is 5.73 Å². The van der Waals surface area contributed by atoms with Gasteiger partial charge in [0.25, 0.3) is 0 Å². The minimum Gasteiger partial charge on any atom is -0.409 e. The Morgan fingerprint density at radius 3 is 2.90 bits per heavy atom. The van der Waals surface area contributed by atoms with E-state index in [1.54, 1.807) is 6.07 Å². The van der Waals surface area contributed by atoms with Crippen LogP contribution >= 0.6 is 11.3 Å². The van der Waals surface area contributed by atoms with Gasteiger partial charge in [-0.25, -0.2) is 4.79 Å². The summed E-state index contributed by atoms with van der Waals surface area (Å²) in [7, 11) is 0. The highest BCUT2D eigenvalue weighted by Crippen LogP contribution is 2.22. The number of ether oxygens (including phenoxy) is 1. The molecule has 1 amide bonds. The van der Waals surface area contributed by atoms with Crippen LogP contribution in [0.5, 0.6) is 5.75 Å². The Balaban J connectivity index is 2.74. The fraction of sp³-hybridized carbons (Fsp3) is 0.167. The molecule has 0 unspecified atom stereocenters. The summed E-state index contributed by atoms with van der Waals surface area (Å²) in [6.07, 6.45) is -0.762. The molecular weight excluding hydrogens is 150 g/mol. The third kappa shape index (κ3) is 1.48. The molecule has 0 aliphatic carbocycles. The first-order chi connectivity index (χ1) is 4.70. The van der Waals surface area contributed by atoms with Gasteiger partial charge in [-0.3, -0.25) is 0 Å². The number of carbonyl (C=O) groups is 1. The molecule has 1 aromatic heterocycles. The second-order valence-electron chi connectivity index (χ2n) is 1.76. The molecule has 2 N–H and O–H groups in total. The van der Waals surface area contributed by atoms with Crippen LogP contribution in [0.4, 0.5) is 4.79 Å². The second-order valence-corrected chi connectivity index (χ2v) is 2.88. The highest BCUT2D eigenvalue weighted by atomic mass is 32.1. The Hall–Kier alpha value is -1.03. The highest BCUT2D eigenvalue weighted by molar-refractivity contribution is 7.10. The van der Waals surface area contributed by atoms with Gasteiger partial charge in [0.05, 0.1) is 0 Å². The van der Waals surface area contributed by atoms with Gasteiger partial charge < -0.3 is 10.5 Å². The summed E-state index contributed by atoms with van der Waals surface area (Å²) in [4.78, 5) is 11.2. The molecule has 0 spiro atoms. The average Bonchev–Trinajstić information content (AvgIpc) is 2.15. The van der Waals surface area contributed by atoms with Crippen molar-refractivity contribution in [3.05, 3.63) is 16.3 Å². The van der Waals surface area contributed by atoms with Crippen LogP contribution in [0.15, 0.2) is 11.4 Å². The van der Waals surface area contributed by atoms with E-state index in [4.69, 9.17) is 5.73 Å². The fourth-order valence-electron chi connectivity index (χ4n) is 0.588. The Labute approximate surface area is 62.4 Å². The molecule has 0 radical (unpaired) electrons. The van der Waals surface area contributed by atoms with E-state index in [2.05, 4.69) is 4.74 Å². The lowest BCUT2D eigenvalue weighted by Crippen LogP contribution is -2.16. The van der Waals surface area contributed by atoms with E-state index in [1.165, 1.54) is 11.3 Å². The van der Waals surface area contributed by atoms with Gasteiger partial charge in [0.15, 0.2) is 0 Å². The zero-order valence-corrected chi connectivity index (χ0v) is 6.27. The van der Waals surface area contributed by atoms with Crippen molar-refractivity contribution in [3.8, 4) is 5.75 Å². The number of rotatable bonds is 1. The standard InChI is InChI=1S/C6H7NO2S/c1-4-5(2-3-10-4)9-6(7)8/h2-3H,1H3,(H2,7,8). The summed E-state index contributed by atoms with van der Waals surface area (Å²) in [5.74, 6) is 0.553. The maximum Gasteiger partial charge on any atom is 0.410 e. The molecule has 3 nitrogen and oxygen atoms in total. The average molecular weight is 157 g/mol. The molecule has 0 saturated carbocycles. The van der Waals surface area contributed by atoms with E-state index in [0.717, 1.165) is 4.88 Å². The number of nitrogens with two attached hydrogens (primary N) is 1. The zero-order valence-electron chi connectivity index (χ0n) is 5.46. The topological polar surface area (TPSA) is 52.3 Å². The van der Waals surface area contributed by atoms with Gasteiger partial charge in [0, 0.05) is 4.88 Å². The van der Waals surface area contributed by atoms with Crippen LogP contribution in [0.25, 0.3) is 0 Å². The zero-order chi connectivity index (χ0) is 7.56. The van der Waals surface area contributed by atoms with Crippen LogP contribution in [-0.2, 0) is 0 Å². The number of hydrogen-bond acceptors (Lipinski definition) is 3. The van der Waals surface area contributed by atoms with Gasteiger partial charge in [0.1, 0.15) is 5.75 Å². The van der Waals surface area contributed by atoms with Crippen molar-refractivity contribution in [2.75, 3.05) is 0 Å². The molecule has 1 heterocycles. The summed E-state index contributed by atoms with van der Waals surface area (Å²) in [6, 6.07) is 1.71. The minimum absolute atomic E-state index is 0.553. The fourth-order valence-corrected chi connectivity index (χ4v) is 1.21. The minimum atomic E-state index is -0.762. The van der Waals surface area contributed by atoms with E-state index in [0.29, 0.717) is 5.75 Å². The van der Waals surface area contributed by atoms with Gasteiger partial charge >= 0.3 is 6.09 Å². The lowest BCUT2D eigenvalue weighted by molar-refractivity contribution is 0.211. The van der Waals surface area contributed by atoms with Crippen molar-refractivity contribution in [2.45, 2.75) is 6.92 Å². The summed E-state index contributed by atoms with van der Waals surface area (Å²) in [5, 5.41) is 1.84. The second kappa shape index (κ2) is 2.70. The van der Waals surface area contributed by atoms with Crippen molar-refractivity contribution in [3.63, 3.8) is 0 Å². The first kappa shape index (κ1) is 7.08. The van der Waals surface area contributed by atoms with E-state index >= 15 is 0 Å². The maximum absolute atomic E-state index is 10.2. The first-order valence-electron chi connectivity index (χ1n) is 2.71. The van der Waals surface area contributed by atoms with Crippen LogP contribution in [0.3, 0.4) is 0 Å². The van der Waals surface area contributed by atoms with E-state index in [1.807, 2.05) is 12.3 Å². The van der Waals surface area contributed by atoms with Crippen LogP contribution in [0, 0.1) is 6.92 Å². The number of carbonyl (C=O) groups excluding carboxylic acids is 1. The smallest absolute Gasteiger partial charge is 0.409 e. The summed E-state index contributed by atoms with van der Waals surface area (Å²) >= 11 is 1.51. The Morgan fingerprint density at radius 1 is 1.80 bits per heavy atom. The molecule has 0 aromatic carbocycles. The van der Waals surface area contributed by atoms with E-state index in [9.17, 15) is 4.79 Å². The number of hydrogen-bond donors (Lipinski definition) is 1. The maximum atomic E-state index is 10.2. The number of primary amides is 1. The van der Waals surface area contributed by atoms with Gasteiger partial charge in [-0.1, -0.05) is 0 Å². The Morgan fingerprint density at radius 2 is 2.50 bits per heavy atom. The molecule has 0 aliphatic rings. The van der Waals surface area contributed by atoms with Gasteiger partial charge in [-0.15, -0.1) is 11.3 Å². The van der Waals surface area contributed by atoms with Crippen LogP contribution in [-0.4, -0.2) is 6.09 Å². The number of thiophene rings is 1. The van der Waals surface area contributed by atoms with Gasteiger partial charge in [-0.05, 0) is 18.4 Å². The van der Waals surface area contributed by atoms with Gasteiger partial charge in [0.2, 0.25) is 0 Å². The number of amides is 1. The molecule has 0 bridgehead atoms. The first-order valence-corrected chi connectivity index (χ1v) is 3.59. The van der Waals surface area contributed by atoms with Crippen molar-refractivity contribution < 1.29 is 9.53 Å². The monoisotopic (exact) mass is 157 g/mol. The largest absolute Gasteiger partial charge is 0.410 e. The third-order valence-corrected chi connectivity index (χ3v) is 1.85. The summed E-state index contributed by atoms with van der Waals surface area (Å²) in [5.41, 5.74) is 4.80. The molecular formula is C6H7NO2S. The Kier molecular flexibility index (Phi) is 1.91. The number of aryl methyl sites for hydroxylation is 1. The van der Waals surface area contributed by atoms with Crippen LogP contribution in [0.2, 0.25) is 0 Å².